The first-order chi connectivity index (χ1) is 8.69. The Balaban J connectivity index is 2.77. The average molecular weight is 270 g/mol. The number of aliphatic hydroxyl groups excluding tert-OH is 1. The molecule has 0 saturated carbocycles. The molecule has 1 fully saturated rings. The Kier molecular flexibility index (Phi) is 5.23. The fraction of sp³-hybridized carbons (Fsp3) is 0.786. The summed E-state index contributed by atoms with van der Waals surface area (Å²) in [5.74, 6) is 0. The van der Waals surface area contributed by atoms with Crippen LogP contribution in [0.15, 0.2) is 11.8 Å². The molecule has 1 rings (SSSR count). The van der Waals surface area contributed by atoms with Gasteiger partial charge >= 0.3 is 6.09 Å². The largest absolute Gasteiger partial charge is 0.444 e. The fourth-order valence-corrected chi connectivity index (χ4v) is 2.01. The topological polar surface area (TPSA) is 53.0 Å². The maximum Gasteiger partial charge on any atom is 0.410 e. The van der Waals surface area contributed by atoms with Crippen LogP contribution in [-0.4, -0.2) is 59.9 Å². The van der Waals surface area contributed by atoms with E-state index >= 15 is 0 Å². The molecule has 1 saturated heterocycles. The van der Waals surface area contributed by atoms with Crippen molar-refractivity contribution in [2.24, 2.45) is 0 Å². The molecule has 110 valence electrons. The molecule has 1 N–H and O–H groups in total. The molecule has 0 aromatic rings. The van der Waals surface area contributed by atoms with Gasteiger partial charge in [-0.3, -0.25) is 0 Å². The van der Waals surface area contributed by atoms with Gasteiger partial charge in [0.1, 0.15) is 5.60 Å². The molecule has 0 aliphatic carbocycles. The van der Waals surface area contributed by atoms with Crippen LogP contribution in [0.3, 0.4) is 0 Å². The number of carbonyl (C=O) groups is 1. The molecular formula is C14H26N2O3. The monoisotopic (exact) mass is 270 g/mol. The van der Waals surface area contributed by atoms with E-state index in [-0.39, 0.29) is 6.09 Å². The summed E-state index contributed by atoms with van der Waals surface area (Å²) >= 11 is 0. The number of hydrogen-bond acceptors (Lipinski definition) is 4. The number of nitrogens with zero attached hydrogens (tertiary/aromatic N) is 2. The Labute approximate surface area is 115 Å². The zero-order valence-corrected chi connectivity index (χ0v) is 12.6. The van der Waals surface area contributed by atoms with Crippen molar-refractivity contribution in [2.45, 2.75) is 45.3 Å². The Bertz CT molecular complexity index is 345. The van der Waals surface area contributed by atoms with Crippen LogP contribution in [-0.2, 0) is 4.74 Å². The quantitative estimate of drug-likeness (QED) is 0.789. The molecular weight excluding hydrogens is 244 g/mol. The molecule has 0 aromatic carbocycles. The van der Waals surface area contributed by atoms with Crippen molar-refractivity contribution in [2.75, 3.05) is 27.2 Å². The Hall–Kier alpha value is -1.23. The van der Waals surface area contributed by atoms with E-state index in [0.717, 1.165) is 12.0 Å². The predicted octanol–water partition coefficient (Wildman–Crippen LogP) is 1.82. The first kappa shape index (κ1) is 15.8. The third-order valence-corrected chi connectivity index (χ3v) is 2.78. The lowest BCUT2D eigenvalue weighted by Gasteiger charge is -2.27. The van der Waals surface area contributed by atoms with Crippen molar-refractivity contribution in [3.05, 3.63) is 11.8 Å². The van der Waals surface area contributed by atoms with E-state index in [1.54, 1.807) is 4.90 Å². The summed E-state index contributed by atoms with van der Waals surface area (Å²) in [6, 6.07) is 0. The lowest BCUT2D eigenvalue weighted by Crippen LogP contribution is -2.38. The van der Waals surface area contributed by atoms with Crippen LogP contribution in [0.2, 0.25) is 0 Å². The molecule has 0 aromatic heterocycles. The van der Waals surface area contributed by atoms with Gasteiger partial charge in [0, 0.05) is 33.4 Å². The zero-order chi connectivity index (χ0) is 14.6. The minimum atomic E-state index is -0.493. The highest BCUT2D eigenvalue weighted by Gasteiger charge is 2.27. The number of ether oxygens (including phenoxy) is 1. The summed E-state index contributed by atoms with van der Waals surface area (Å²) in [5.41, 5.74) is 0.362. The second-order valence-electron chi connectivity index (χ2n) is 6.23. The molecule has 0 radical (unpaired) electrons. The van der Waals surface area contributed by atoms with Crippen LogP contribution in [0.25, 0.3) is 0 Å². The highest BCUT2D eigenvalue weighted by molar-refractivity contribution is 5.68. The van der Waals surface area contributed by atoms with Gasteiger partial charge in [-0.1, -0.05) is 0 Å². The summed E-state index contributed by atoms with van der Waals surface area (Å²) in [7, 11) is 3.81. The molecule has 1 aliphatic rings. The summed E-state index contributed by atoms with van der Waals surface area (Å²) in [6.45, 7) is 6.61. The number of aliphatic hydroxyl groups is 1. The second kappa shape index (κ2) is 6.28. The van der Waals surface area contributed by atoms with Gasteiger partial charge in [0.2, 0.25) is 0 Å². The SMILES string of the molecule is CN(C)/C=C1/CN(C(=O)OC(C)(C)C)CCCC1O. The van der Waals surface area contributed by atoms with Gasteiger partial charge in [0.25, 0.3) is 0 Å². The smallest absolute Gasteiger partial charge is 0.410 e. The van der Waals surface area contributed by atoms with Crippen molar-refractivity contribution in [1.29, 1.82) is 0 Å². The Morgan fingerprint density at radius 1 is 1.47 bits per heavy atom. The minimum Gasteiger partial charge on any atom is -0.444 e. The lowest BCUT2D eigenvalue weighted by molar-refractivity contribution is 0.0270. The number of amides is 1. The highest BCUT2D eigenvalue weighted by atomic mass is 16.6. The molecule has 1 heterocycles. The van der Waals surface area contributed by atoms with E-state index in [9.17, 15) is 9.90 Å². The van der Waals surface area contributed by atoms with Crippen LogP contribution in [0.5, 0.6) is 0 Å². The summed E-state index contributed by atoms with van der Waals surface area (Å²) in [5, 5.41) is 10.1. The van der Waals surface area contributed by atoms with Gasteiger partial charge in [-0.05, 0) is 39.2 Å². The van der Waals surface area contributed by atoms with Crippen molar-refractivity contribution in [3.8, 4) is 0 Å². The average Bonchev–Trinajstić information content (AvgIpc) is 2.38. The summed E-state index contributed by atoms with van der Waals surface area (Å²) in [4.78, 5) is 15.6. The van der Waals surface area contributed by atoms with Crippen LogP contribution in [0.4, 0.5) is 4.79 Å². The number of hydrogen-bond donors (Lipinski definition) is 1. The Morgan fingerprint density at radius 2 is 2.11 bits per heavy atom. The maximum atomic E-state index is 12.1. The number of carbonyl (C=O) groups excluding carboxylic acids is 1. The molecule has 19 heavy (non-hydrogen) atoms. The zero-order valence-electron chi connectivity index (χ0n) is 12.6. The first-order valence-corrected chi connectivity index (χ1v) is 6.72. The maximum absolute atomic E-state index is 12.1. The van der Waals surface area contributed by atoms with E-state index in [4.69, 9.17) is 4.74 Å². The van der Waals surface area contributed by atoms with Crippen LogP contribution in [0.1, 0.15) is 33.6 Å². The first-order valence-electron chi connectivity index (χ1n) is 6.72. The van der Waals surface area contributed by atoms with E-state index in [2.05, 4.69) is 0 Å². The lowest BCUT2D eigenvalue weighted by atomic mass is 10.1. The van der Waals surface area contributed by atoms with Crippen molar-refractivity contribution in [3.63, 3.8) is 0 Å². The molecule has 1 atom stereocenters. The van der Waals surface area contributed by atoms with Crippen molar-refractivity contribution in [1.82, 2.24) is 9.80 Å². The van der Waals surface area contributed by atoms with Gasteiger partial charge in [-0.2, -0.15) is 0 Å². The van der Waals surface area contributed by atoms with E-state index in [1.165, 1.54) is 0 Å². The van der Waals surface area contributed by atoms with Gasteiger partial charge < -0.3 is 19.6 Å². The van der Waals surface area contributed by atoms with Gasteiger partial charge in [0.05, 0.1) is 6.10 Å². The third-order valence-electron chi connectivity index (χ3n) is 2.78. The predicted molar refractivity (Wildman–Crippen MR) is 74.8 cm³/mol. The van der Waals surface area contributed by atoms with Crippen LogP contribution in [0, 0.1) is 0 Å². The molecule has 5 heteroatoms. The molecule has 1 amide bonds. The van der Waals surface area contributed by atoms with Gasteiger partial charge in [-0.15, -0.1) is 0 Å². The normalized spacial score (nSPS) is 23.2. The van der Waals surface area contributed by atoms with E-state index < -0.39 is 11.7 Å². The van der Waals surface area contributed by atoms with Crippen LogP contribution >= 0.6 is 0 Å². The third kappa shape index (κ3) is 5.51. The van der Waals surface area contributed by atoms with Crippen molar-refractivity contribution < 1.29 is 14.6 Å². The molecule has 0 bridgehead atoms. The van der Waals surface area contributed by atoms with Gasteiger partial charge in [-0.25, -0.2) is 4.79 Å². The number of likely N-dealkylation sites (tertiary alicyclic amines) is 1. The second-order valence-corrected chi connectivity index (χ2v) is 6.23. The Morgan fingerprint density at radius 3 is 2.63 bits per heavy atom. The molecule has 5 nitrogen and oxygen atoms in total. The van der Waals surface area contributed by atoms with Crippen LogP contribution < -0.4 is 0 Å². The molecule has 0 spiro atoms. The fourth-order valence-electron chi connectivity index (χ4n) is 2.01. The van der Waals surface area contributed by atoms with E-state index in [0.29, 0.717) is 19.5 Å². The molecule has 1 unspecified atom stereocenters. The number of rotatable bonds is 1. The minimum absolute atomic E-state index is 0.314. The van der Waals surface area contributed by atoms with Crippen molar-refractivity contribution >= 4 is 6.09 Å². The van der Waals surface area contributed by atoms with E-state index in [1.807, 2.05) is 46.0 Å². The standard InChI is InChI=1S/C14H26N2O3/c1-14(2,3)19-13(18)16-8-6-7-12(17)11(10-16)9-15(4)5/h9,12,17H,6-8,10H2,1-5H3/b11-9-. The van der Waals surface area contributed by atoms with Gasteiger partial charge in [0.15, 0.2) is 0 Å². The highest BCUT2D eigenvalue weighted by Crippen LogP contribution is 2.19. The molecule has 1 aliphatic heterocycles. The summed E-state index contributed by atoms with van der Waals surface area (Å²) < 4.78 is 5.39. The summed E-state index contributed by atoms with van der Waals surface area (Å²) in [6.07, 6.45) is 2.55.